The van der Waals surface area contributed by atoms with Gasteiger partial charge in [0.05, 0.1) is 13.0 Å². The minimum Gasteiger partial charge on any atom is -0.469 e. The summed E-state index contributed by atoms with van der Waals surface area (Å²) in [6.45, 7) is 2.74. The molecule has 0 saturated heterocycles. The van der Waals surface area contributed by atoms with Crippen LogP contribution in [0.15, 0.2) is 54.6 Å². The summed E-state index contributed by atoms with van der Waals surface area (Å²) in [6.07, 6.45) is 7.75. The van der Waals surface area contributed by atoms with Crippen molar-refractivity contribution in [3.8, 4) is 0 Å². The van der Waals surface area contributed by atoms with E-state index in [1.807, 2.05) is 30.3 Å². The molecule has 0 amide bonds. The van der Waals surface area contributed by atoms with E-state index in [9.17, 15) is 4.79 Å². The Morgan fingerprint density at radius 3 is 2.29 bits per heavy atom. The molecule has 2 rings (SSSR count). The second kappa shape index (κ2) is 14.1. The Balaban J connectivity index is 1.72. The summed E-state index contributed by atoms with van der Waals surface area (Å²) in [4.78, 5) is 11.9. The van der Waals surface area contributed by atoms with Gasteiger partial charge in [-0.1, -0.05) is 73.9 Å². The fraction of sp³-hybridized carbons (Fsp3) is 0.542. The minimum atomic E-state index is -0.0336. The first-order valence-corrected chi connectivity index (χ1v) is 10.7. The number of hydrogen-bond donors (Lipinski definition) is 2. The molecule has 1 aromatic carbocycles. The summed E-state index contributed by atoms with van der Waals surface area (Å²) in [7, 11) is 1.50. The SMILES string of the molecule is COC(=O)C1CCCCCC(NCCNCc2ccccccccc2)CC1. The number of ether oxygens (including phenoxy) is 1. The average molecular weight is 385 g/mol. The van der Waals surface area contributed by atoms with Crippen LogP contribution in [-0.4, -0.2) is 32.2 Å². The predicted molar refractivity (Wildman–Crippen MR) is 115 cm³/mol. The van der Waals surface area contributed by atoms with E-state index >= 15 is 0 Å². The van der Waals surface area contributed by atoms with Gasteiger partial charge in [0.1, 0.15) is 0 Å². The highest BCUT2D eigenvalue weighted by Gasteiger charge is 2.22. The van der Waals surface area contributed by atoms with E-state index < -0.39 is 0 Å². The lowest BCUT2D eigenvalue weighted by Crippen LogP contribution is -2.35. The van der Waals surface area contributed by atoms with Crippen LogP contribution in [0.25, 0.3) is 0 Å². The van der Waals surface area contributed by atoms with Gasteiger partial charge < -0.3 is 15.4 Å². The molecule has 4 heteroatoms. The van der Waals surface area contributed by atoms with Crippen molar-refractivity contribution in [2.24, 2.45) is 5.92 Å². The van der Waals surface area contributed by atoms with Crippen LogP contribution in [0, 0.1) is 5.92 Å². The maximum Gasteiger partial charge on any atom is 0.308 e. The van der Waals surface area contributed by atoms with Crippen LogP contribution in [0.2, 0.25) is 0 Å². The Morgan fingerprint density at radius 2 is 1.57 bits per heavy atom. The zero-order chi connectivity index (χ0) is 19.9. The third kappa shape index (κ3) is 9.34. The van der Waals surface area contributed by atoms with Crippen molar-refractivity contribution in [3.63, 3.8) is 0 Å². The van der Waals surface area contributed by atoms with Crippen LogP contribution in [0.5, 0.6) is 0 Å². The number of rotatable bonds is 7. The van der Waals surface area contributed by atoms with Crippen molar-refractivity contribution in [1.29, 1.82) is 0 Å². The predicted octanol–water partition coefficient (Wildman–Crippen LogP) is 4.39. The van der Waals surface area contributed by atoms with Gasteiger partial charge in [0.15, 0.2) is 0 Å². The zero-order valence-electron chi connectivity index (χ0n) is 17.2. The maximum absolute atomic E-state index is 11.9. The first kappa shape index (κ1) is 22.4. The van der Waals surface area contributed by atoms with Crippen molar-refractivity contribution in [1.82, 2.24) is 10.6 Å². The van der Waals surface area contributed by atoms with Gasteiger partial charge in [0.2, 0.25) is 0 Å². The number of methoxy groups -OCH3 is 1. The molecule has 0 bridgehead atoms. The van der Waals surface area contributed by atoms with Gasteiger partial charge in [-0.25, -0.2) is 0 Å². The Kier molecular flexibility index (Phi) is 11.3. The molecule has 0 radical (unpaired) electrons. The lowest BCUT2D eigenvalue weighted by Gasteiger charge is -2.20. The number of carbonyl (C=O) groups is 1. The highest BCUT2D eigenvalue weighted by atomic mass is 16.5. The van der Waals surface area contributed by atoms with E-state index in [1.165, 1.54) is 31.9 Å². The quantitative estimate of drug-likeness (QED) is 0.541. The lowest BCUT2D eigenvalue weighted by molar-refractivity contribution is -0.146. The first-order chi connectivity index (χ1) is 13.8. The van der Waals surface area contributed by atoms with Crippen molar-refractivity contribution in [2.75, 3.05) is 20.2 Å². The smallest absolute Gasteiger partial charge is 0.308 e. The van der Waals surface area contributed by atoms with Crippen LogP contribution in [0.1, 0.15) is 50.5 Å². The molecular formula is C24H36N2O2. The van der Waals surface area contributed by atoms with Gasteiger partial charge in [0.25, 0.3) is 0 Å². The van der Waals surface area contributed by atoms with Gasteiger partial charge >= 0.3 is 5.97 Å². The third-order valence-corrected chi connectivity index (χ3v) is 5.35. The average Bonchev–Trinajstić information content (AvgIpc) is 2.84. The fourth-order valence-electron chi connectivity index (χ4n) is 3.71. The molecule has 2 unspecified atom stereocenters. The van der Waals surface area contributed by atoms with Gasteiger partial charge in [-0.3, -0.25) is 4.79 Å². The van der Waals surface area contributed by atoms with Crippen LogP contribution >= 0.6 is 0 Å². The summed E-state index contributed by atoms with van der Waals surface area (Å²) in [5.41, 5.74) is 1.26. The van der Waals surface area contributed by atoms with Gasteiger partial charge in [0, 0.05) is 25.7 Å². The monoisotopic (exact) mass is 384 g/mol. The highest BCUT2D eigenvalue weighted by molar-refractivity contribution is 5.72. The number of carbonyl (C=O) groups excluding carboxylic acids is 1. The van der Waals surface area contributed by atoms with E-state index in [2.05, 4.69) is 34.9 Å². The number of hydrogen-bond acceptors (Lipinski definition) is 4. The topological polar surface area (TPSA) is 50.4 Å². The van der Waals surface area contributed by atoms with Crippen molar-refractivity contribution in [2.45, 2.75) is 57.5 Å². The molecule has 0 spiro atoms. The largest absolute Gasteiger partial charge is 0.469 e. The summed E-state index contributed by atoms with van der Waals surface area (Å²) in [5.74, 6) is 0.0440. The van der Waals surface area contributed by atoms with E-state index in [0.717, 1.165) is 45.3 Å². The molecule has 0 aliphatic heterocycles. The summed E-state index contributed by atoms with van der Waals surface area (Å²) in [5, 5.41) is 7.21. The molecule has 1 aromatic rings. The summed E-state index contributed by atoms with van der Waals surface area (Å²) < 4.78 is 4.97. The third-order valence-electron chi connectivity index (χ3n) is 5.35. The van der Waals surface area contributed by atoms with E-state index in [1.54, 1.807) is 0 Å². The summed E-state index contributed by atoms with van der Waals surface area (Å²) >= 11 is 0. The van der Waals surface area contributed by atoms with Gasteiger partial charge in [-0.2, -0.15) is 0 Å². The van der Waals surface area contributed by atoms with E-state index in [0.29, 0.717) is 6.04 Å². The van der Waals surface area contributed by atoms with E-state index in [4.69, 9.17) is 4.74 Å². The Morgan fingerprint density at radius 1 is 0.893 bits per heavy atom. The first-order valence-electron chi connectivity index (χ1n) is 10.7. The van der Waals surface area contributed by atoms with Crippen LogP contribution in [-0.2, 0) is 16.1 Å². The fourth-order valence-corrected chi connectivity index (χ4v) is 3.71. The second-order valence-electron chi connectivity index (χ2n) is 7.52. The van der Waals surface area contributed by atoms with Crippen LogP contribution < -0.4 is 10.6 Å². The molecule has 1 fully saturated rings. The van der Waals surface area contributed by atoms with Crippen LogP contribution in [0.3, 0.4) is 0 Å². The molecule has 154 valence electrons. The molecule has 28 heavy (non-hydrogen) atoms. The summed E-state index contributed by atoms with van der Waals surface area (Å²) in [6, 6.07) is 19.1. The number of esters is 1. The molecule has 0 heterocycles. The zero-order valence-corrected chi connectivity index (χ0v) is 17.2. The Labute approximate surface area is 170 Å². The van der Waals surface area contributed by atoms with Crippen LogP contribution in [0.4, 0.5) is 0 Å². The van der Waals surface area contributed by atoms with Crippen molar-refractivity contribution < 1.29 is 9.53 Å². The maximum atomic E-state index is 11.9. The molecule has 1 aliphatic rings. The normalized spacial score (nSPS) is 20.2. The molecule has 0 aromatic heterocycles. The Hall–Kier alpha value is -1.91. The van der Waals surface area contributed by atoms with Gasteiger partial charge in [-0.15, -0.1) is 0 Å². The standard InChI is InChI=1S/C24H36N2O2/c1-28-24(27)22-14-10-7-11-15-23(17-16-22)26-19-18-25-20-21-12-8-5-3-2-4-6-9-13-21/h2-6,8-9,12-13,22-23,25-26H,7,10-11,14-20H2,1H3. The Bertz CT molecular complexity index is 594. The van der Waals surface area contributed by atoms with Crippen molar-refractivity contribution in [3.05, 3.63) is 60.2 Å². The second-order valence-corrected chi connectivity index (χ2v) is 7.52. The van der Waals surface area contributed by atoms with E-state index in [-0.39, 0.29) is 11.9 Å². The molecule has 1 aliphatic carbocycles. The molecule has 1 saturated carbocycles. The van der Waals surface area contributed by atoms with Crippen molar-refractivity contribution >= 4 is 5.97 Å². The molecule has 2 N–H and O–H groups in total. The highest BCUT2D eigenvalue weighted by Crippen LogP contribution is 2.23. The molecular weight excluding hydrogens is 348 g/mol. The minimum absolute atomic E-state index is 0.0336. The number of nitrogens with one attached hydrogen (secondary N) is 2. The lowest BCUT2D eigenvalue weighted by atomic mass is 9.96. The molecule has 2 atom stereocenters. The molecule has 4 nitrogen and oxygen atoms in total. The van der Waals surface area contributed by atoms with Gasteiger partial charge in [-0.05, 0) is 31.2 Å².